The number of aliphatic hydroxyl groups is 1. The van der Waals surface area contributed by atoms with Crippen LogP contribution in [0.25, 0.3) is 0 Å². The first-order valence-electron chi connectivity index (χ1n) is 13.2. The molecule has 0 bridgehead atoms. The molecule has 1 aliphatic heterocycles. The third-order valence-corrected chi connectivity index (χ3v) is 7.86. The Balaban J connectivity index is 1.43. The van der Waals surface area contributed by atoms with Gasteiger partial charge in [-0.3, -0.25) is 9.69 Å². The van der Waals surface area contributed by atoms with Gasteiger partial charge in [0.25, 0.3) is 0 Å². The molecule has 8 heteroatoms. The number of hydrogen-bond acceptors (Lipinski definition) is 7. The normalized spacial score (nSPS) is 20.1. The largest absolute Gasteiger partial charge is 0.493 e. The second-order valence-electron chi connectivity index (χ2n) is 10.1. The molecule has 39 heavy (non-hydrogen) atoms. The molecule has 1 amide bonds. The average molecular weight is 533 g/mol. The highest BCUT2D eigenvalue weighted by Crippen LogP contribution is 2.40. The summed E-state index contributed by atoms with van der Waals surface area (Å²) in [6, 6.07) is 17.4. The molecule has 5 rings (SSSR count). The summed E-state index contributed by atoms with van der Waals surface area (Å²) >= 11 is 0. The van der Waals surface area contributed by atoms with E-state index in [9.17, 15) is 9.90 Å². The Bertz CT molecular complexity index is 1340. The molecule has 3 unspecified atom stereocenters. The minimum atomic E-state index is -0.632. The van der Waals surface area contributed by atoms with Gasteiger partial charge in [0.1, 0.15) is 0 Å². The van der Waals surface area contributed by atoms with E-state index in [1.165, 1.54) is 5.56 Å². The van der Waals surface area contributed by atoms with Gasteiger partial charge in [0.2, 0.25) is 5.91 Å². The van der Waals surface area contributed by atoms with E-state index in [4.69, 9.17) is 18.9 Å². The van der Waals surface area contributed by atoms with Gasteiger partial charge in [-0.1, -0.05) is 30.3 Å². The number of rotatable bonds is 9. The van der Waals surface area contributed by atoms with Crippen LogP contribution in [0, 0.1) is 0 Å². The van der Waals surface area contributed by atoms with Gasteiger partial charge < -0.3 is 29.4 Å². The Morgan fingerprint density at radius 1 is 0.872 bits per heavy atom. The Hall–Kier alpha value is -3.75. The van der Waals surface area contributed by atoms with Gasteiger partial charge in [-0.05, 0) is 64.9 Å². The van der Waals surface area contributed by atoms with Crippen LogP contribution in [0.5, 0.6) is 23.0 Å². The fraction of sp³-hybridized carbons (Fsp3) is 0.387. The van der Waals surface area contributed by atoms with Crippen molar-refractivity contribution in [1.82, 2.24) is 10.2 Å². The standard InChI is InChI=1S/C31H36N2O6/c1-36-26-10-9-19(14-27(26)37-2)13-24-23-17-29(39-4)28(38-3)16-21(23)11-12-33(24)18-30(35)32-31-22-8-6-5-7-20(22)15-25(31)34/h5-10,14,16-17,24-25,31,34H,11-13,15,18H2,1-4H3,(H,32,35). The molecule has 0 saturated carbocycles. The lowest BCUT2D eigenvalue weighted by Crippen LogP contribution is -2.45. The summed E-state index contributed by atoms with van der Waals surface area (Å²) in [6.07, 6.45) is 1.35. The molecule has 3 aromatic rings. The van der Waals surface area contributed by atoms with Crippen molar-refractivity contribution in [3.63, 3.8) is 0 Å². The summed E-state index contributed by atoms with van der Waals surface area (Å²) in [4.78, 5) is 15.6. The van der Waals surface area contributed by atoms with Crippen LogP contribution in [0.3, 0.4) is 0 Å². The fourth-order valence-corrected chi connectivity index (χ4v) is 5.89. The Labute approximate surface area is 229 Å². The minimum absolute atomic E-state index is 0.0850. The first-order valence-corrected chi connectivity index (χ1v) is 13.2. The smallest absolute Gasteiger partial charge is 0.234 e. The second kappa shape index (κ2) is 11.6. The highest BCUT2D eigenvalue weighted by atomic mass is 16.5. The van der Waals surface area contributed by atoms with E-state index in [0.29, 0.717) is 42.4 Å². The molecule has 206 valence electrons. The average Bonchev–Trinajstić information content (AvgIpc) is 3.27. The number of carbonyl (C=O) groups excluding carboxylic acids is 1. The van der Waals surface area contributed by atoms with Crippen LogP contribution in [0.15, 0.2) is 54.6 Å². The SMILES string of the molecule is COc1ccc(CC2c3cc(OC)c(OC)cc3CCN2CC(=O)NC2c3ccccc3CC2O)cc1OC. The molecule has 3 atom stereocenters. The first kappa shape index (κ1) is 26.8. The molecule has 8 nitrogen and oxygen atoms in total. The van der Waals surface area contributed by atoms with Crippen molar-refractivity contribution in [3.8, 4) is 23.0 Å². The number of amides is 1. The molecule has 2 aliphatic rings. The highest BCUT2D eigenvalue weighted by Gasteiger charge is 2.34. The zero-order chi connectivity index (χ0) is 27.5. The fourth-order valence-electron chi connectivity index (χ4n) is 5.89. The van der Waals surface area contributed by atoms with Crippen molar-refractivity contribution < 1.29 is 28.8 Å². The van der Waals surface area contributed by atoms with Gasteiger partial charge in [0, 0.05) is 19.0 Å². The maximum atomic E-state index is 13.4. The van der Waals surface area contributed by atoms with E-state index in [1.54, 1.807) is 28.4 Å². The van der Waals surface area contributed by atoms with Crippen LogP contribution in [0.1, 0.15) is 39.9 Å². The number of methoxy groups -OCH3 is 4. The summed E-state index contributed by atoms with van der Waals surface area (Å²) in [6.45, 7) is 0.912. The molecule has 1 heterocycles. The van der Waals surface area contributed by atoms with Gasteiger partial charge >= 0.3 is 0 Å². The predicted molar refractivity (Wildman–Crippen MR) is 148 cm³/mol. The topological polar surface area (TPSA) is 89.5 Å². The van der Waals surface area contributed by atoms with Crippen LogP contribution in [-0.4, -0.2) is 63.5 Å². The summed E-state index contributed by atoms with van der Waals surface area (Å²) in [5.74, 6) is 2.57. The predicted octanol–water partition coefficient (Wildman–Crippen LogP) is 3.64. The first-order chi connectivity index (χ1) is 18.9. The number of hydrogen-bond donors (Lipinski definition) is 2. The van der Waals surface area contributed by atoms with Crippen LogP contribution >= 0.6 is 0 Å². The van der Waals surface area contributed by atoms with E-state index >= 15 is 0 Å². The van der Waals surface area contributed by atoms with Gasteiger partial charge in [-0.25, -0.2) is 0 Å². The third-order valence-electron chi connectivity index (χ3n) is 7.86. The van der Waals surface area contributed by atoms with Gasteiger partial charge in [0.15, 0.2) is 23.0 Å². The lowest BCUT2D eigenvalue weighted by molar-refractivity contribution is -0.124. The summed E-state index contributed by atoms with van der Waals surface area (Å²) in [7, 11) is 6.52. The number of carbonyl (C=O) groups is 1. The van der Waals surface area contributed by atoms with Crippen molar-refractivity contribution >= 4 is 5.91 Å². The lowest BCUT2D eigenvalue weighted by Gasteiger charge is -2.38. The van der Waals surface area contributed by atoms with Crippen LogP contribution in [0.4, 0.5) is 0 Å². The molecule has 0 spiro atoms. The monoisotopic (exact) mass is 532 g/mol. The van der Waals surface area contributed by atoms with E-state index in [-0.39, 0.29) is 18.5 Å². The van der Waals surface area contributed by atoms with Crippen molar-refractivity contribution in [2.45, 2.75) is 37.5 Å². The zero-order valence-electron chi connectivity index (χ0n) is 22.9. The molecule has 1 aliphatic carbocycles. The molecule has 0 saturated heterocycles. The van der Waals surface area contributed by atoms with Gasteiger partial charge in [-0.15, -0.1) is 0 Å². The third kappa shape index (κ3) is 5.40. The number of aliphatic hydroxyl groups excluding tert-OH is 1. The van der Waals surface area contributed by atoms with Crippen molar-refractivity contribution in [3.05, 3.63) is 82.4 Å². The van der Waals surface area contributed by atoms with E-state index in [1.807, 2.05) is 54.6 Å². The van der Waals surface area contributed by atoms with Crippen molar-refractivity contribution in [2.24, 2.45) is 0 Å². The molecule has 3 aromatic carbocycles. The van der Waals surface area contributed by atoms with Crippen LogP contribution in [-0.2, 0) is 24.1 Å². The van der Waals surface area contributed by atoms with E-state index in [2.05, 4.69) is 10.2 Å². The quantitative estimate of drug-likeness (QED) is 0.435. The van der Waals surface area contributed by atoms with E-state index in [0.717, 1.165) is 28.7 Å². The lowest BCUT2D eigenvalue weighted by atomic mass is 9.88. The maximum absolute atomic E-state index is 13.4. The number of nitrogens with zero attached hydrogens (tertiary/aromatic N) is 1. The molecule has 0 radical (unpaired) electrons. The van der Waals surface area contributed by atoms with Crippen molar-refractivity contribution in [1.29, 1.82) is 0 Å². The number of fused-ring (bicyclic) bond motifs is 2. The van der Waals surface area contributed by atoms with Gasteiger partial charge in [0.05, 0.1) is 47.1 Å². The summed E-state index contributed by atoms with van der Waals surface area (Å²) in [5.41, 5.74) is 5.41. The molecule has 0 fully saturated rings. The van der Waals surface area contributed by atoms with Crippen LogP contribution in [0.2, 0.25) is 0 Å². The number of benzene rings is 3. The Morgan fingerprint density at radius 3 is 2.31 bits per heavy atom. The number of nitrogens with one attached hydrogen (secondary N) is 1. The minimum Gasteiger partial charge on any atom is -0.493 e. The van der Waals surface area contributed by atoms with Gasteiger partial charge in [-0.2, -0.15) is 0 Å². The molecule has 0 aromatic heterocycles. The molecule has 2 N–H and O–H groups in total. The molecular formula is C31H36N2O6. The second-order valence-corrected chi connectivity index (χ2v) is 10.1. The Morgan fingerprint density at radius 2 is 1.56 bits per heavy atom. The number of ether oxygens (including phenoxy) is 4. The summed E-state index contributed by atoms with van der Waals surface area (Å²) < 4.78 is 22.2. The maximum Gasteiger partial charge on any atom is 0.234 e. The van der Waals surface area contributed by atoms with E-state index < -0.39 is 12.1 Å². The van der Waals surface area contributed by atoms with Crippen LogP contribution < -0.4 is 24.3 Å². The zero-order valence-corrected chi connectivity index (χ0v) is 22.9. The van der Waals surface area contributed by atoms with Crippen molar-refractivity contribution in [2.75, 3.05) is 41.5 Å². The highest BCUT2D eigenvalue weighted by molar-refractivity contribution is 5.79. The Kier molecular flexibility index (Phi) is 7.95. The molecular weight excluding hydrogens is 496 g/mol. The summed E-state index contributed by atoms with van der Waals surface area (Å²) in [5, 5.41) is 13.8.